The zero-order chi connectivity index (χ0) is 30.5. The molecule has 0 aliphatic carbocycles. The monoisotopic (exact) mass is 594 g/mol. The standard InChI is InChI=1S/C40H26N4O2/c1-2-12-27(13-3-1)43(28-20-21-31-30-14-4-6-16-33(30)44(34(31)24-28)38-18-8-10-22-41-38)29-25-36-40(32-15-5-7-17-35(32)45-36)37(26-29)46-39-19-9-11-23-42-39/h1-26H. The number of anilines is 3. The van der Waals surface area contributed by atoms with Crippen molar-refractivity contribution in [3.8, 4) is 17.4 Å². The number of pyridine rings is 2. The molecule has 46 heavy (non-hydrogen) atoms. The number of hydrogen-bond acceptors (Lipinski definition) is 5. The SMILES string of the molecule is c1ccc(N(c2cc(Oc3ccccn3)c3c(c2)oc2ccccc23)c2ccc3c4ccccc4n(-c4ccccn4)c3c2)cc1. The molecule has 9 aromatic rings. The van der Waals surface area contributed by atoms with Crippen LogP contribution in [0.2, 0.25) is 0 Å². The summed E-state index contributed by atoms with van der Waals surface area (Å²) < 4.78 is 15.2. The summed E-state index contributed by atoms with van der Waals surface area (Å²) in [5, 5.41) is 4.23. The second-order valence-electron chi connectivity index (χ2n) is 11.1. The highest BCUT2D eigenvalue weighted by Crippen LogP contribution is 2.45. The van der Waals surface area contributed by atoms with E-state index < -0.39 is 0 Å². The molecule has 0 radical (unpaired) electrons. The maximum Gasteiger partial charge on any atom is 0.219 e. The van der Waals surface area contributed by atoms with Gasteiger partial charge in [-0.05, 0) is 54.6 Å². The average Bonchev–Trinajstić information content (AvgIpc) is 3.65. The van der Waals surface area contributed by atoms with E-state index in [1.54, 1.807) is 6.20 Å². The summed E-state index contributed by atoms with van der Waals surface area (Å²) in [5.74, 6) is 2.05. The normalized spacial score (nSPS) is 11.5. The van der Waals surface area contributed by atoms with E-state index in [1.807, 2.05) is 66.9 Å². The molecular weight excluding hydrogens is 568 g/mol. The Morgan fingerprint density at radius 3 is 2.09 bits per heavy atom. The van der Waals surface area contributed by atoms with Crippen LogP contribution < -0.4 is 9.64 Å². The minimum absolute atomic E-state index is 0.513. The van der Waals surface area contributed by atoms with E-state index in [-0.39, 0.29) is 0 Å². The lowest BCUT2D eigenvalue weighted by Crippen LogP contribution is -2.10. The fourth-order valence-corrected chi connectivity index (χ4v) is 6.39. The third-order valence-electron chi connectivity index (χ3n) is 8.35. The summed E-state index contributed by atoms with van der Waals surface area (Å²) in [6, 6.07) is 49.3. The number of aromatic nitrogens is 3. The van der Waals surface area contributed by atoms with Crippen molar-refractivity contribution in [3.05, 3.63) is 158 Å². The molecule has 0 unspecified atom stereocenters. The summed E-state index contributed by atoms with van der Waals surface area (Å²) in [7, 11) is 0. The molecule has 4 heterocycles. The van der Waals surface area contributed by atoms with E-state index in [0.29, 0.717) is 11.6 Å². The van der Waals surface area contributed by atoms with Gasteiger partial charge in [-0.3, -0.25) is 4.57 Å². The van der Waals surface area contributed by atoms with Gasteiger partial charge in [0, 0.05) is 58.1 Å². The van der Waals surface area contributed by atoms with Crippen molar-refractivity contribution in [1.29, 1.82) is 0 Å². The highest BCUT2D eigenvalue weighted by atomic mass is 16.5. The Bertz CT molecular complexity index is 2510. The van der Waals surface area contributed by atoms with E-state index in [0.717, 1.165) is 61.2 Å². The van der Waals surface area contributed by atoms with Gasteiger partial charge in [0.25, 0.3) is 0 Å². The third kappa shape index (κ3) is 4.27. The number of furan rings is 1. The molecule has 9 rings (SSSR count). The molecule has 5 aromatic carbocycles. The van der Waals surface area contributed by atoms with Crippen LogP contribution in [0.15, 0.2) is 162 Å². The van der Waals surface area contributed by atoms with Gasteiger partial charge in [0.05, 0.1) is 22.1 Å². The van der Waals surface area contributed by atoms with Crippen molar-refractivity contribution >= 4 is 60.8 Å². The Balaban J connectivity index is 1.31. The third-order valence-corrected chi connectivity index (χ3v) is 8.35. The summed E-state index contributed by atoms with van der Waals surface area (Å²) in [6.07, 6.45) is 3.57. The number of nitrogens with zero attached hydrogens (tertiary/aromatic N) is 4. The number of para-hydroxylation sites is 3. The summed E-state index contributed by atoms with van der Waals surface area (Å²) in [6.45, 7) is 0. The largest absolute Gasteiger partial charge is 0.456 e. The maximum absolute atomic E-state index is 6.50. The molecule has 0 saturated heterocycles. The second kappa shape index (κ2) is 10.6. The first-order valence-corrected chi connectivity index (χ1v) is 15.2. The molecule has 0 fully saturated rings. The lowest BCUT2D eigenvalue weighted by atomic mass is 10.1. The number of rotatable bonds is 6. The summed E-state index contributed by atoms with van der Waals surface area (Å²) in [4.78, 5) is 11.4. The van der Waals surface area contributed by atoms with Crippen LogP contribution in [0, 0.1) is 0 Å². The zero-order valence-electron chi connectivity index (χ0n) is 24.6. The van der Waals surface area contributed by atoms with Crippen LogP contribution in [0.25, 0.3) is 49.6 Å². The quantitative estimate of drug-likeness (QED) is 0.192. The minimum atomic E-state index is 0.513. The van der Waals surface area contributed by atoms with Gasteiger partial charge < -0.3 is 14.1 Å². The number of benzene rings is 5. The molecule has 0 N–H and O–H groups in total. The molecule has 0 spiro atoms. The molecule has 0 amide bonds. The number of hydrogen-bond donors (Lipinski definition) is 0. The van der Waals surface area contributed by atoms with Gasteiger partial charge >= 0.3 is 0 Å². The Kier molecular flexibility index (Phi) is 6.03. The maximum atomic E-state index is 6.50. The Morgan fingerprint density at radius 2 is 1.26 bits per heavy atom. The van der Waals surface area contributed by atoms with E-state index >= 15 is 0 Å². The molecule has 0 atom stereocenters. The first kappa shape index (κ1) is 26.0. The van der Waals surface area contributed by atoms with Crippen LogP contribution in [-0.2, 0) is 0 Å². The van der Waals surface area contributed by atoms with Crippen molar-refractivity contribution in [2.75, 3.05) is 4.90 Å². The van der Waals surface area contributed by atoms with Crippen LogP contribution >= 0.6 is 0 Å². The van der Waals surface area contributed by atoms with Crippen LogP contribution in [0.5, 0.6) is 11.6 Å². The predicted octanol–water partition coefficient (Wildman–Crippen LogP) is 10.7. The highest BCUT2D eigenvalue weighted by molar-refractivity contribution is 6.11. The van der Waals surface area contributed by atoms with Crippen molar-refractivity contribution in [2.24, 2.45) is 0 Å². The highest BCUT2D eigenvalue weighted by Gasteiger charge is 2.21. The topological polar surface area (TPSA) is 56.3 Å². The van der Waals surface area contributed by atoms with Gasteiger partial charge in [0.2, 0.25) is 5.88 Å². The fraction of sp³-hybridized carbons (Fsp3) is 0. The van der Waals surface area contributed by atoms with Crippen LogP contribution in [0.4, 0.5) is 17.1 Å². The lowest BCUT2D eigenvalue weighted by molar-refractivity contribution is 0.468. The predicted molar refractivity (Wildman–Crippen MR) is 185 cm³/mol. The summed E-state index contributed by atoms with van der Waals surface area (Å²) in [5.41, 5.74) is 6.58. The summed E-state index contributed by atoms with van der Waals surface area (Å²) >= 11 is 0. The molecule has 218 valence electrons. The van der Waals surface area contributed by atoms with Gasteiger partial charge in [0.15, 0.2) is 0 Å². The van der Waals surface area contributed by atoms with Crippen LogP contribution in [0.3, 0.4) is 0 Å². The molecule has 4 aromatic heterocycles. The lowest BCUT2D eigenvalue weighted by Gasteiger charge is -2.26. The number of ether oxygens (including phenoxy) is 1. The zero-order valence-corrected chi connectivity index (χ0v) is 24.6. The van der Waals surface area contributed by atoms with Gasteiger partial charge in [-0.2, -0.15) is 0 Å². The van der Waals surface area contributed by atoms with Crippen molar-refractivity contribution in [2.45, 2.75) is 0 Å². The first-order valence-electron chi connectivity index (χ1n) is 15.2. The average molecular weight is 595 g/mol. The van der Waals surface area contributed by atoms with Crippen LogP contribution in [-0.4, -0.2) is 14.5 Å². The molecule has 0 aliphatic rings. The Hall–Kier alpha value is -6.40. The van der Waals surface area contributed by atoms with Crippen molar-refractivity contribution in [1.82, 2.24) is 14.5 Å². The second-order valence-corrected chi connectivity index (χ2v) is 11.1. The van der Waals surface area contributed by atoms with E-state index in [9.17, 15) is 0 Å². The van der Waals surface area contributed by atoms with E-state index in [4.69, 9.17) is 14.1 Å². The van der Waals surface area contributed by atoms with Crippen molar-refractivity contribution < 1.29 is 9.15 Å². The first-order chi connectivity index (χ1) is 22.8. The molecule has 0 bridgehead atoms. The fourth-order valence-electron chi connectivity index (χ4n) is 6.39. The van der Waals surface area contributed by atoms with Gasteiger partial charge in [-0.15, -0.1) is 0 Å². The number of fused-ring (bicyclic) bond motifs is 6. The van der Waals surface area contributed by atoms with Gasteiger partial charge in [-0.1, -0.05) is 72.8 Å². The minimum Gasteiger partial charge on any atom is -0.456 e. The molecule has 0 aliphatic heterocycles. The molecule has 6 nitrogen and oxygen atoms in total. The van der Waals surface area contributed by atoms with Gasteiger partial charge in [-0.25, -0.2) is 9.97 Å². The van der Waals surface area contributed by atoms with Gasteiger partial charge in [0.1, 0.15) is 22.7 Å². The van der Waals surface area contributed by atoms with E-state index in [1.165, 1.54) is 5.39 Å². The molecule has 6 heteroatoms. The smallest absolute Gasteiger partial charge is 0.219 e. The Morgan fingerprint density at radius 1 is 0.522 bits per heavy atom. The molecular formula is C40H26N4O2. The Labute approximate surface area is 264 Å². The van der Waals surface area contributed by atoms with Crippen molar-refractivity contribution in [3.63, 3.8) is 0 Å². The van der Waals surface area contributed by atoms with Crippen LogP contribution in [0.1, 0.15) is 0 Å². The van der Waals surface area contributed by atoms with E-state index in [2.05, 4.69) is 99.4 Å². The molecule has 0 saturated carbocycles.